The molecular formula is C17H23Cl2N3O2. The third-order valence-corrected chi connectivity index (χ3v) is 5.08. The maximum atomic E-state index is 12.2. The number of rotatable bonds is 6. The first kappa shape index (κ1) is 19.0. The molecule has 0 bridgehead atoms. The van der Waals surface area contributed by atoms with Gasteiger partial charge in [-0.3, -0.25) is 14.5 Å². The highest BCUT2D eigenvalue weighted by Crippen LogP contribution is 2.24. The van der Waals surface area contributed by atoms with Crippen molar-refractivity contribution in [1.29, 1.82) is 0 Å². The van der Waals surface area contributed by atoms with Crippen LogP contribution in [-0.4, -0.2) is 42.4 Å². The van der Waals surface area contributed by atoms with Gasteiger partial charge in [0.25, 0.3) is 0 Å². The number of amides is 2. The zero-order valence-corrected chi connectivity index (χ0v) is 15.5. The normalized spacial score (nSPS) is 20.8. The molecule has 0 radical (unpaired) electrons. The molecule has 5 nitrogen and oxygen atoms in total. The lowest BCUT2D eigenvalue weighted by molar-refractivity contribution is -0.122. The van der Waals surface area contributed by atoms with Gasteiger partial charge in [-0.2, -0.15) is 0 Å². The van der Waals surface area contributed by atoms with Gasteiger partial charge in [-0.05, 0) is 43.7 Å². The zero-order valence-electron chi connectivity index (χ0n) is 13.9. The van der Waals surface area contributed by atoms with Crippen LogP contribution in [0, 0.1) is 0 Å². The number of likely N-dealkylation sites (tertiary alicyclic amines) is 1. The van der Waals surface area contributed by atoms with E-state index in [1.54, 1.807) is 18.2 Å². The molecule has 1 aromatic rings. The third kappa shape index (κ3) is 5.36. The number of nitrogens with one attached hydrogen (secondary N) is 2. The van der Waals surface area contributed by atoms with Gasteiger partial charge >= 0.3 is 0 Å². The Morgan fingerprint density at radius 3 is 2.62 bits per heavy atom. The van der Waals surface area contributed by atoms with Crippen LogP contribution in [0.5, 0.6) is 0 Å². The van der Waals surface area contributed by atoms with E-state index in [2.05, 4.69) is 15.5 Å². The van der Waals surface area contributed by atoms with Crippen LogP contribution in [0.4, 0.5) is 0 Å². The molecule has 2 atom stereocenters. The number of benzene rings is 1. The first-order valence-corrected chi connectivity index (χ1v) is 8.79. The largest absolute Gasteiger partial charge is 0.355 e. The molecule has 2 N–H and O–H groups in total. The fraction of sp³-hybridized carbons (Fsp3) is 0.529. The van der Waals surface area contributed by atoms with Gasteiger partial charge in [0.05, 0.1) is 0 Å². The molecule has 1 aromatic carbocycles. The lowest BCUT2D eigenvalue weighted by Crippen LogP contribution is -2.41. The highest BCUT2D eigenvalue weighted by Gasteiger charge is 2.31. The Morgan fingerprint density at radius 1 is 1.21 bits per heavy atom. The average Bonchev–Trinajstić information content (AvgIpc) is 2.86. The molecular weight excluding hydrogens is 349 g/mol. The monoisotopic (exact) mass is 371 g/mol. The van der Waals surface area contributed by atoms with Gasteiger partial charge in [0, 0.05) is 48.6 Å². The summed E-state index contributed by atoms with van der Waals surface area (Å²) in [6.07, 6.45) is 2.37. The summed E-state index contributed by atoms with van der Waals surface area (Å²) in [4.78, 5) is 25.4. The van der Waals surface area contributed by atoms with Crippen LogP contribution in [0.2, 0.25) is 10.0 Å². The summed E-state index contributed by atoms with van der Waals surface area (Å²) in [5.74, 6) is -0.0361. The van der Waals surface area contributed by atoms with Crippen molar-refractivity contribution < 1.29 is 9.59 Å². The molecule has 0 aromatic heterocycles. The molecule has 7 heteroatoms. The van der Waals surface area contributed by atoms with E-state index in [1.165, 1.54) is 6.92 Å². The summed E-state index contributed by atoms with van der Waals surface area (Å²) in [7, 11) is 2.01. The Hall–Kier alpha value is -1.30. The van der Waals surface area contributed by atoms with Gasteiger partial charge in [0.15, 0.2) is 0 Å². The molecule has 1 fully saturated rings. The second-order valence-electron chi connectivity index (χ2n) is 6.20. The van der Waals surface area contributed by atoms with Crippen LogP contribution >= 0.6 is 23.2 Å². The number of nitrogens with zero attached hydrogens (tertiary/aromatic N) is 1. The van der Waals surface area contributed by atoms with Crippen molar-refractivity contribution in [3.8, 4) is 0 Å². The predicted molar refractivity (Wildman–Crippen MR) is 96.2 cm³/mol. The summed E-state index contributed by atoms with van der Waals surface area (Å²) >= 11 is 12.0. The number of carbonyl (C=O) groups is 2. The van der Waals surface area contributed by atoms with Gasteiger partial charge in [0.2, 0.25) is 11.8 Å². The Balaban J connectivity index is 1.80. The number of hydrogen-bond donors (Lipinski definition) is 2. The predicted octanol–water partition coefficient (Wildman–Crippen LogP) is 2.60. The van der Waals surface area contributed by atoms with Crippen molar-refractivity contribution in [2.24, 2.45) is 0 Å². The van der Waals surface area contributed by atoms with E-state index in [0.29, 0.717) is 29.6 Å². The molecule has 1 heterocycles. The minimum absolute atomic E-state index is 0.0110. The van der Waals surface area contributed by atoms with Crippen molar-refractivity contribution in [2.75, 3.05) is 13.6 Å². The number of carbonyl (C=O) groups excluding carboxylic acids is 2. The van der Waals surface area contributed by atoms with Crippen LogP contribution in [0.3, 0.4) is 0 Å². The summed E-state index contributed by atoms with van der Waals surface area (Å²) in [6.45, 7) is 2.51. The molecule has 0 spiro atoms. The third-order valence-electron chi connectivity index (χ3n) is 4.48. The van der Waals surface area contributed by atoms with E-state index in [-0.39, 0.29) is 23.9 Å². The Labute approximate surface area is 152 Å². The summed E-state index contributed by atoms with van der Waals surface area (Å²) in [5, 5.41) is 6.93. The van der Waals surface area contributed by atoms with Crippen LogP contribution in [0.25, 0.3) is 0 Å². The highest BCUT2D eigenvalue weighted by molar-refractivity contribution is 6.33. The zero-order chi connectivity index (χ0) is 17.7. The molecule has 1 saturated heterocycles. The number of likely N-dealkylation sites (N-methyl/N-ethyl adjacent to an activating group) is 1. The van der Waals surface area contributed by atoms with Crippen LogP contribution in [0.1, 0.15) is 31.7 Å². The Bertz CT molecular complexity index is 609. The average molecular weight is 372 g/mol. The van der Waals surface area contributed by atoms with E-state index >= 15 is 0 Å². The van der Waals surface area contributed by atoms with Gasteiger partial charge < -0.3 is 10.6 Å². The second-order valence-corrected chi connectivity index (χ2v) is 7.05. The summed E-state index contributed by atoms with van der Waals surface area (Å²) in [5.41, 5.74) is 0.806. The summed E-state index contributed by atoms with van der Waals surface area (Å²) < 4.78 is 0. The lowest BCUT2D eigenvalue weighted by Gasteiger charge is -2.25. The van der Waals surface area contributed by atoms with E-state index in [4.69, 9.17) is 23.2 Å². The quantitative estimate of drug-likeness (QED) is 0.807. The molecule has 1 aliphatic heterocycles. The standard InChI is InChI=1S/C17H23Cl2N3O2/c1-11(23)20-10-15-5-4-14(22(15)2)8-17(24)21-9-12-7-13(18)3-6-16(12)19/h3,6-7,14-15H,4-5,8-10H2,1-2H3,(H,20,23)(H,21,24)/t14-,15+/m0/s1. The topological polar surface area (TPSA) is 61.4 Å². The molecule has 2 amide bonds. The number of halogens is 2. The summed E-state index contributed by atoms with van der Waals surface area (Å²) in [6, 6.07) is 5.68. The minimum Gasteiger partial charge on any atom is -0.355 e. The Morgan fingerprint density at radius 2 is 1.92 bits per heavy atom. The first-order chi connectivity index (χ1) is 11.4. The molecule has 2 rings (SSSR count). The fourth-order valence-electron chi connectivity index (χ4n) is 3.00. The smallest absolute Gasteiger partial charge is 0.221 e. The molecule has 0 aliphatic carbocycles. The van der Waals surface area contributed by atoms with Gasteiger partial charge in [-0.15, -0.1) is 0 Å². The van der Waals surface area contributed by atoms with E-state index < -0.39 is 0 Å². The van der Waals surface area contributed by atoms with Gasteiger partial charge in [-0.1, -0.05) is 23.2 Å². The number of hydrogen-bond acceptors (Lipinski definition) is 3. The van der Waals surface area contributed by atoms with Crippen molar-refractivity contribution in [3.63, 3.8) is 0 Å². The van der Waals surface area contributed by atoms with Crippen LogP contribution in [-0.2, 0) is 16.1 Å². The lowest BCUT2D eigenvalue weighted by atomic mass is 10.1. The molecule has 24 heavy (non-hydrogen) atoms. The van der Waals surface area contributed by atoms with Crippen molar-refractivity contribution >= 4 is 35.0 Å². The van der Waals surface area contributed by atoms with Gasteiger partial charge in [-0.25, -0.2) is 0 Å². The van der Waals surface area contributed by atoms with Crippen LogP contribution in [0.15, 0.2) is 18.2 Å². The Kier molecular flexibility index (Phi) is 6.90. The highest BCUT2D eigenvalue weighted by atomic mass is 35.5. The molecule has 0 saturated carbocycles. The second kappa shape index (κ2) is 8.70. The molecule has 132 valence electrons. The molecule has 1 aliphatic rings. The SMILES string of the molecule is CC(=O)NC[C@H]1CC[C@@H](CC(=O)NCc2cc(Cl)ccc2Cl)N1C. The van der Waals surface area contributed by atoms with Crippen molar-refractivity contribution in [1.82, 2.24) is 15.5 Å². The van der Waals surface area contributed by atoms with E-state index in [9.17, 15) is 9.59 Å². The van der Waals surface area contributed by atoms with Crippen molar-refractivity contribution in [2.45, 2.75) is 44.8 Å². The maximum Gasteiger partial charge on any atom is 0.221 e. The minimum atomic E-state index is -0.0250. The van der Waals surface area contributed by atoms with Crippen LogP contribution < -0.4 is 10.6 Å². The van der Waals surface area contributed by atoms with E-state index in [0.717, 1.165) is 18.4 Å². The fourth-order valence-corrected chi connectivity index (χ4v) is 3.38. The maximum absolute atomic E-state index is 12.2. The van der Waals surface area contributed by atoms with Crippen molar-refractivity contribution in [3.05, 3.63) is 33.8 Å². The first-order valence-electron chi connectivity index (χ1n) is 8.04. The van der Waals surface area contributed by atoms with E-state index in [1.807, 2.05) is 7.05 Å². The van der Waals surface area contributed by atoms with Gasteiger partial charge in [0.1, 0.15) is 0 Å². The molecule has 0 unspecified atom stereocenters.